The van der Waals surface area contributed by atoms with Crippen molar-refractivity contribution in [3.05, 3.63) is 28.5 Å². The van der Waals surface area contributed by atoms with Crippen molar-refractivity contribution in [2.75, 3.05) is 25.2 Å². The third-order valence-corrected chi connectivity index (χ3v) is 4.87. The zero-order valence-electron chi connectivity index (χ0n) is 10.8. The predicted octanol–water partition coefficient (Wildman–Crippen LogP) is 3.33. The number of hydrogen-bond acceptors (Lipinski definition) is 5. The minimum atomic E-state index is -0.289. The van der Waals surface area contributed by atoms with Gasteiger partial charge in [-0.1, -0.05) is 27.3 Å². The Morgan fingerprint density at radius 2 is 2.30 bits per heavy atom. The van der Waals surface area contributed by atoms with E-state index in [2.05, 4.69) is 31.0 Å². The fourth-order valence-electron chi connectivity index (χ4n) is 2.11. The van der Waals surface area contributed by atoms with Gasteiger partial charge >= 0.3 is 0 Å². The first-order valence-electron chi connectivity index (χ1n) is 6.24. The van der Waals surface area contributed by atoms with Crippen molar-refractivity contribution >= 4 is 32.4 Å². The predicted molar refractivity (Wildman–Crippen MR) is 80.6 cm³/mol. The van der Waals surface area contributed by atoms with E-state index in [1.807, 2.05) is 7.05 Å². The Morgan fingerprint density at radius 1 is 1.45 bits per heavy atom. The molecule has 0 aliphatic carbocycles. The van der Waals surface area contributed by atoms with E-state index in [1.54, 1.807) is 12.1 Å². The summed E-state index contributed by atoms with van der Waals surface area (Å²) in [5.74, 6) is -0.289. The maximum atomic E-state index is 13.9. The van der Waals surface area contributed by atoms with Gasteiger partial charge in [-0.25, -0.2) is 4.39 Å². The molecule has 106 valence electrons. The highest BCUT2D eigenvalue weighted by molar-refractivity contribution is 9.10. The second kappa shape index (κ2) is 5.75. The lowest BCUT2D eigenvalue weighted by molar-refractivity contribution is 0.193. The molecule has 1 aliphatic heterocycles. The quantitative estimate of drug-likeness (QED) is 0.844. The van der Waals surface area contributed by atoms with E-state index in [1.165, 1.54) is 17.4 Å². The van der Waals surface area contributed by atoms with E-state index < -0.39 is 0 Å². The summed E-state index contributed by atoms with van der Waals surface area (Å²) in [5.41, 5.74) is 0.471. The fraction of sp³-hybridized carbons (Fsp3) is 0.385. The molecule has 0 N–H and O–H groups in total. The summed E-state index contributed by atoms with van der Waals surface area (Å²) in [5, 5.41) is 9.65. The molecule has 1 atom stereocenters. The molecule has 0 saturated carbocycles. The van der Waals surface area contributed by atoms with Gasteiger partial charge in [-0.2, -0.15) is 0 Å². The number of hydrogen-bond donors (Lipinski definition) is 0. The van der Waals surface area contributed by atoms with Crippen molar-refractivity contribution < 1.29 is 9.13 Å². The standard InChI is InChI=1S/C13H13BrFN3OS/c1-18(9-4-5-19-7-9)13-17-16-12(20-13)10-6-8(14)2-3-11(10)15/h2-3,6,9H,4-5,7H2,1H3. The molecule has 1 unspecified atom stereocenters. The molecular formula is C13H13BrFN3OS. The summed E-state index contributed by atoms with van der Waals surface area (Å²) < 4.78 is 20.0. The van der Waals surface area contributed by atoms with Crippen molar-refractivity contribution in [3.8, 4) is 10.6 Å². The van der Waals surface area contributed by atoms with Gasteiger partial charge in [-0.3, -0.25) is 0 Å². The minimum absolute atomic E-state index is 0.289. The first kappa shape index (κ1) is 13.9. The summed E-state index contributed by atoms with van der Waals surface area (Å²) in [7, 11) is 1.97. The molecule has 0 amide bonds. The first-order valence-corrected chi connectivity index (χ1v) is 7.85. The second-order valence-electron chi connectivity index (χ2n) is 4.64. The second-order valence-corrected chi connectivity index (χ2v) is 6.51. The smallest absolute Gasteiger partial charge is 0.208 e. The number of benzene rings is 1. The Balaban J connectivity index is 1.87. The average molecular weight is 358 g/mol. The highest BCUT2D eigenvalue weighted by Crippen LogP contribution is 2.32. The fourth-order valence-corrected chi connectivity index (χ4v) is 3.37. The van der Waals surface area contributed by atoms with Crippen molar-refractivity contribution in [3.63, 3.8) is 0 Å². The zero-order valence-corrected chi connectivity index (χ0v) is 13.2. The Morgan fingerprint density at radius 3 is 3.05 bits per heavy atom. The van der Waals surface area contributed by atoms with E-state index in [0.717, 1.165) is 22.6 Å². The number of halogens is 2. The average Bonchev–Trinajstić information content (AvgIpc) is 3.11. The number of rotatable bonds is 3. The molecule has 2 aromatic rings. The molecule has 20 heavy (non-hydrogen) atoms. The van der Waals surface area contributed by atoms with Crippen molar-refractivity contribution in [2.24, 2.45) is 0 Å². The van der Waals surface area contributed by atoms with Gasteiger partial charge in [0.25, 0.3) is 0 Å². The van der Waals surface area contributed by atoms with Crippen LogP contribution in [0.3, 0.4) is 0 Å². The summed E-state index contributed by atoms with van der Waals surface area (Å²) in [6.07, 6.45) is 0.983. The lowest BCUT2D eigenvalue weighted by Gasteiger charge is -2.21. The molecule has 0 bridgehead atoms. The summed E-state index contributed by atoms with van der Waals surface area (Å²) >= 11 is 4.74. The van der Waals surface area contributed by atoms with Crippen LogP contribution in [0.5, 0.6) is 0 Å². The van der Waals surface area contributed by atoms with Gasteiger partial charge in [-0.05, 0) is 24.6 Å². The number of nitrogens with zero attached hydrogens (tertiary/aromatic N) is 3. The summed E-state index contributed by atoms with van der Waals surface area (Å²) in [6.45, 7) is 1.48. The molecular weight excluding hydrogens is 345 g/mol. The SMILES string of the molecule is CN(c1nnc(-c2cc(Br)ccc2F)s1)C1CCOC1. The van der Waals surface area contributed by atoms with Crippen LogP contribution in [0.4, 0.5) is 9.52 Å². The normalized spacial score (nSPS) is 18.4. The molecule has 1 saturated heterocycles. The summed E-state index contributed by atoms with van der Waals surface area (Å²) in [4.78, 5) is 2.06. The Labute approximate surface area is 128 Å². The lowest BCUT2D eigenvalue weighted by Crippen LogP contribution is -2.31. The van der Waals surface area contributed by atoms with Gasteiger partial charge in [0, 0.05) is 23.7 Å². The van der Waals surface area contributed by atoms with Crippen molar-refractivity contribution in [2.45, 2.75) is 12.5 Å². The van der Waals surface area contributed by atoms with Gasteiger partial charge in [0.15, 0.2) is 5.01 Å². The van der Waals surface area contributed by atoms with Crippen LogP contribution in [-0.4, -0.2) is 36.5 Å². The van der Waals surface area contributed by atoms with Crippen LogP contribution < -0.4 is 4.90 Å². The van der Waals surface area contributed by atoms with Gasteiger partial charge in [-0.15, -0.1) is 10.2 Å². The number of ether oxygens (including phenoxy) is 1. The van der Waals surface area contributed by atoms with E-state index in [4.69, 9.17) is 4.74 Å². The molecule has 0 spiro atoms. The van der Waals surface area contributed by atoms with E-state index in [0.29, 0.717) is 23.2 Å². The van der Waals surface area contributed by atoms with Gasteiger partial charge in [0.05, 0.1) is 12.6 Å². The molecule has 1 aromatic heterocycles. The monoisotopic (exact) mass is 357 g/mol. The van der Waals surface area contributed by atoms with Crippen LogP contribution >= 0.6 is 27.3 Å². The van der Waals surface area contributed by atoms with Crippen LogP contribution in [0.25, 0.3) is 10.6 Å². The highest BCUT2D eigenvalue weighted by Gasteiger charge is 2.23. The molecule has 2 heterocycles. The molecule has 7 heteroatoms. The number of aromatic nitrogens is 2. The van der Waals surface area contributed by atoms with Gasteiger partial charge < -0.3 is 9.64 Å². The van der Waals surface area contributed by atoms with E-state index in [9.17, 15) is 4.39 Å². The maximum Gasteiger partial charge on any atom is 0.208 e. The topological polar surface area (TPSA) is 38.2 Å². The van der Waals surface area contributed by atoms with Crippen LogP contribution in [0, 0.1) is 5.82 Å². The first-order chi connectivity index (χ1) is 9.65. The molecule has 3 rings (SSSR count). The zero-order chi connectivity index (χ0) is 14.1. The van der Waals surface area contributed by atoms with Crippen LogP contribution in [0.2, 0.25) is 0 Å². The molecule has 4 nitrogen and oxygen atoms in total. The minimum Gasteiger partial charge on any atom is -0.379 e. The molecule has 0 radical (unpaired) electrons. The van der Waals surface area contributed by atoms with Gasteiger partial charge in [0.1, 0.15) is 5.82 Å². The van der Waals surface area contributed by atoms with Crippen LogP contribution in [0.1, 0.15) is 6.42 Å². The maximum absolute atomic E-state index is 13.9. The van der Waals surface area contributed by atoms with E-state index in [-0.39, 0.29) is 5.82 Å². The largest absolute Gasteiger partial charge is 0.379 e. The third-order valence-electron chi connectivity index (χ3n) is 3.33. The highest BCUT2D eigenvalue weighted by atomic mass is 79.9. The third kappa shape index (κ3) is 2.70. The Hall–Kier alpha value is -1.05. The molecule has 1 aromatic carbocycles. The van der Waals surface area contributed by atoms with Crippen LogP contribution in [0.15, 0.2) is 22.7 Å². The number of anilines is 1. The van der Waals surface area contributed by atoms with Gasteiger partial charge in [0.2, 0.25) is 5.13 Å². The Kier molecular flexibility index (Phi) is 4.00. The van der Waals surface area contributed by atoms with Crippen LogP contribution in [-0.2, 0) is 4.74 Å². The van der Waals surface area contributed by atoms with Crippen molar-refractivity contribution in [1.82, 2.24) is 10.2 Å². The van der Waals surface area contributed by atoms with Crippen molar-refractivity contribution in [1.29, 1.82) is 0 Å². The molecule has 1 fully saturated rings. The number of likely N-dealkylation sites (N-methyl/N-ethyl adjacent to an activating group) is 1. The van der Waals surface area contributed by atoms with E-state index >= 15 is 0 Å². The Bertz CT molecular complexity index is 615. The summed E-state index contributed by atoms with van der Waals surface area (Å²) in [6, 6.07) is 5.14. The lowest BCUT2D eigenvalue weighted by atomic mass is 10.2. The molecule has 1 aliphatic rings.